The van der Waals surface area contributed by atoms with Gasteiger partial charge in [-0.05, 0) is 42.8 Å². The number of methoxy groups -OCH3 is 1. The lowest BCUT2D eigenvalue weighted by molar-refractivity contribution is 0.100. The molecule has 1 amide bonds. The molecule has 0 aliphatic rings. The molecule has 0 spiro atoms. The predicted octanol–water partition coefficient (Wildman–Crippen LogP) is 1.90. The topological polar surface area (TPSA) is 98.5 Å². The minimum absolute atomic E-state index is 0.0741. The number of amides is 1. The van der Waals surface area contributed by atoms with Crippen LogP contribution in [0.25, 0.3) is 0 Å². The number of nitrogens with two attached hydrogens (primary N) is 1. The summed E-state index contributed by atoms with van der Waals surface area (Å²) in [4.78, 5) is 11.4. The molecule has 0 aliphatic carbocycles. The molecule has 0 aliphatic heterocycles. The first-order chi connectivity index (χ1) is 10.3. The Balaban J connectivity index is 2.40. The molecular weight excluding hydrogens is 304 g/mol. The first-order valence-electron chi connectivity index (χ1n) is 6.41. The molecule has 6 nitrogen and oxygen atoms in total. The van der Waals surface area contributed by atoms with Gasteiger partial charge in [-0.2, -0.15) is 0 Å². The first-order valence-corrected chi connectivity index (χ1v) is 7.90. The van der Waals surface area contributed by atoms with Gasteiger partial charge in [0.25, 0.3) is 15.9 Å². The van der Waals surface area contributed by atoms with Gasteiger partial charge in [0.05, 0.1) is 23.3 Å². The summed E-state index contributed by atoms with van der Waals surface area (Å²) in [6.45, 7) is 1.75. The lowest BCUT2D eigenvalue weighted by Crippen LogP contribution is -2.18. The zero-order chi connectivity index (χ0) is 16.3. The fourth-order valence-electron chi connectivity index (χ4n) is 2.01. The molecule has 2 rings (SSSR count). The Kier molecular flexibility index (Phi) is 4.37. The third-order valence-corrected chi connectivity index (χ3v) is 4.48. The Labute approximate surface area is 129 Å². The van der Waals surface area contributed by atoms with Crippen LogP contribution in [0.5, 0.6) is 5.75 Å². The second-order valence-corrected chi connectivity index (χ2v) is 6.33. The number of nitrogens with one attached hydrogen (secondary N) is 1. The number of para-hydroxylation sites is 1. The summed E-state index contributed by atoms with van der Waals surface area (Å²) in [5, 5.41) is 0. The second-order valence-electron chi connectivity index (χ2n) is 4.65. The Morgan fingerprint density at radius 1 is 1.18 bits per heavy atom. The Morgan fingerprint density at radius 3 is 2.45 bits per heavy atom. The van der Waals surface area contributed by atoms with Crippen molar-refractivity contribution in [3.05, 3.63) is 53.6 Å². The molecule has 0 saturated heterocycles. The molecule has 3 N–H and O–H groups in total. The number of anilines is 1. The molecule has 0 radical (unpaired) electrons. The zero-order valence-corrected chi connectivity index (χ0v) is 13.0. The number of sulfonamides is 1. The van der Waals surface area contributed by atoms with Crippen molar-refractivity contribution in [3.63, 3.8) is 0 Å². The van der Waals surface area contributed by atoms with Gasteiger partial charge in [0.1, 0.15) is 5.75 Å². The van der Waals surface area contributed by atoms with Crippen molar-refractivity contribution < 1.29 is 17.9 Å². The van der Waals surface area contributed by atoms with Crippen molar-refractivity contribution in [1.29, 1.82) is 0 Å². The van der Waals surface area contributed by atoms with E-state index in [-0.39, 0.29) is 16.1 Å². The van der Waals surface area contributed by atoms with E-state index in [2.05, 4.69) is 4.72 Å². The van der Waals surface area contributed by atoms with Gasteiger partial charge in [-0.1, -0.05) is 12.1 Å². The van der Waals surface area contributed by atoms with E-state index in [0.717, 1.165) is 0 Å². The van der Waals surface area contributed by atoms with Crippen LogP contribution in [0.1, 0.15) is 15.9 Å². The number of aryl methyl sites for hydroxylation is 1. The minimum Gasteiger partial charge on any atom is -0.496 e. The number of carbonyl (C=O) groups is 1. The molecule has 2 aromatic rings. The van der Waals surface area contributed by atoms with Crippen molar-refractivity contribution in [1.82, 2.24) is 0 Å². The molecule has 7 heteroatoms. The summed E-state index contributed by atoms with van der Waals surface area (Å²) in [5.74, 6) is -0.110. The highest BCUT2D eigenvalue weighted by atomic mass is 32.2. The summed E-state index contributed by atoms with van der Waals surface area (Å²) in [6.07, 6.45) is 0. The van der Waals surface area contributed by atoms with Crippen LogP contribution >= 0.6 is 0 Å². The van der Waals surface area contributed by atoms with E-state index in [1.165, 1.54) is 31.4 Å². The summed E-state index contributed by atoms with van der Waals surface area (Å²) in [6, 6.07) is 10.7. The van der Waals surface area contributed by atoms with Gasteiger partial charge in [-0.25, -0.2) is 8.42 Å². The molecule has 0 atom stereocenters. The average Bonchev–Trinajstić information content (AvgIpc) is 2.47. The van der Waals surface area contributed by atoms with Gasteiger partial charge in [-0.3, -0.25) is 9.52 Å². The number of rotatable bonds is 5. The van der Waals surface area contributed by atoms with Crippen molar-refractivity contribution in [2.75, 3.05) is 11.8 Å². The van der Waals surface area contributed by atoms with Crippen LogP contribution in [0.4, 0.5) is 5.69 Å². The molecule has 0 heterocycles. The van der Waals surface area contributed by atoms with Crippen LogP contribution in [0.15, 0.2) is 47.4 Å². The summed E-state index contributed by atoms with van der Waals surface area (Å²) >= 11 is 0. The van der Waals surface area contributed by atoms with E-state index in [1.807, 2.05) is 0 Å². The minimum atomic E-state index is -3.83. The van der Waals surface area contributed by atoms with Crippen LogP contribution in [-0.2, 0) is 10.0 Å². The maximum Gasteiger partial charge on any atom is 0.261 e. The molecule has 22 heavy (non-hydrogen) atoms. The normalized spacial score (nSPS) is 11.0. The van der Waals surface area contributed by atoms with E-state index in [1.54, 1.807) is 25.1 Å². The highest BCUT2D eigenvalue weighted by molar-refractivity contribution is 7.92. The standard InChI is InChI=1S/C15H16N2O4S/c1-10-9-11(7-8-14(10)21-2)22(19,20)17-13-6-4-3-5-12(13)15(16)18/h3-9,17H,1-2H3,(H2,16,18). The maximum absolute atomic E-state index is 12.4. The summed E-state index contributed by atoms with van der Waals surface area (Å²) < 4.78 is 32.3. The SMILES string of the molecule is COc1ccc(S(=O)(=O)Nc2ccccc2C(N)=O)cc1C. The number of carbonyl (C=O) groups excluding carboxylic acids is 1. The van der Waals surface area contributed by atoms with Crippen LogP contribution in [0, 0.1) is 6.92 Å². The maximum atomic E-state index is 12.4. The molecule has 0 unspecified atom stereocenters. The Morgan fingerprint density at radius 2 is 1.86 bits per heavy atom. The van der Waals surface area contributed by atoms with E-state index in [0.29, 0.717) is 11.3 Å². The van der Waals surface area contributed by atoms with Crippen molar-refractivity contribution in [3.8, 4) is 5.75 Å². The van der Waals surface area contributed by atoms with E-state index in [4.69, 9.17) is 10.5 Å². The Hall–Kier alpha value is -2.54. The average molecular weight is 320 g/mol. The predicted molar refractivity (Wildman–Crippen MR) is 83.5 cm³/mol. The highest BCUT2D eigenvalue weighted by Gasteiger charge is 2.18. The molecular formula is C15H16N2O4S. The summed E-state index contributed by atoms with van der Waals surface area (Å²) in [5.41, 5.74) is 6.18. The van der Waals surface area contributed by atoms with Crippen molar-refractivity contribution in [2.24, 2.45) is 5.73 Å². The number of ether oxygens (including phenoxy) is 1. The zero-order valence-electron chi connectivity index (χ0n) is 12.2. The lowest BCUT2D eigenvalue weighted by Gasteiger charge is -2.12. The van der Waals surface area contributed by atoms with Crippen LogP contribution in [0.3, 0.4) is 0 Å². The highest BCUT2D eigenvalue weighted by Crippen LogP contribution is 2.24. The van der Waals surface area contributed by atoms with Crippen LogP contribution in [-0.4, -0.2) is 21.4 Å². The fourth-order valence-corrected chi connectivity index (χ4v) is 3.17. The van der Waals surface area contributed by atoms with Crippen molar-refractivity contribution >= 4 is 21.6 Å². The quantitative estimate of drug-likeness (QED) is 0.879. The van der Waals surface area contributed by atoms with Gasteiger partial charge in [0.15, 0.2) is 0 Å². The van der Waals surface area contributed by atoms with Gasteiger partial charge < -0.3 is 10.5 Å². The molecule has 0 saturated carbocycles. The smallest absolute Gasteiger partial charge is 0.261 e. The lowest BCUT2D eigenvalue weighted by atomic mass is 10.2. The fraction of sp³-hybridized carbons (Fsp3) is 0.133. The number of benzene rings is 2. The van der Waals surface area contributed by atoms with Gasteiger partial charge in [0.2, 0.25) is 0 Å². The second kappa shape index (κ2) is 6.07. The van der Waals surface area contributed by atoms with Crippen LogP contribution < -0.4 is 15.2 Å². The van der Waals surface area contributed by atoms with E-state index in [9.17, 15) is 13.2 Å². The molecule has 0 aromatic heterocycles. The summed E-state index contributed by atoms with van der Waals surface area (Å²) in [7, 11) is -2.32. The largest absolute Gasteiger partial charge is 0.496 e. The van der Waals surface area contributed by atoms with E-state index >= 15 is 0 Å². The molecule has 0 bridgehead atoms. The third-order valence-electron chi connectivity index (χ3n) is 3.11. The first kappa shape index (κ1) is 15.8. The van der Waals surface area contributed by atoms with Crippen molar-refractivity contribution in [2.45, 2.75) is 11.8 Å². The molecule has 0 fully saturated rings. The van der Waals surface area contributed by atoms with Gasteiger partial charge in [-0.15, -0.1) is 0 Å². The van der Waals surface area contributed by atoms with Gasteiger partial charge >= 0.3 is 0 Å². The monoisotopic (exact) mass is 320 g/mol. The number of hydrogen-bond donors (Lipinski definition) is 2. The number of hydrogen-bond acceptors (Lipinski definition) is 4. The van der Waals surface area contributed by atoms with E-state index < -0.39 is 15.9 Å². The molecule has 116 valence electrons. The number of primary amides is 1. The van der Waals surface area contributed by atoms with Crippen LogP contribution in [0.2, 0.25) is 0 Å². The van der Waals surface area contributed by atoms with Gasteiger partial charge in [0, 0.05) is 0 Å². The Bertz CT molecular complexity index is 816. The third kappa shape index (κ3) is 3.20. The molecule has 2 aromatic carbocycles.